The summed E-state index contributed by atoms with van der Waals surface area (Å²) in [4.78, 5) is 14.1. The van der Waals surface area contributed by atoms with Crippen molar-refractivity contribution in [1.82, 2.24) is 14.7 Å². The molecule has 16 heavy (non-hydrogen) atoms. The van der Waals surface area contributed by atoms with Gasteiger partial charge in [0.1, 0.15) is 5.69 Å². The Kier molecular flexibility index (Phi) is 3.12. The molecule has 0 unspecified atom stereocenters. The molecule has 1 aromatic rings. The number of piperidine rings is 1. The van der Waals surface area contributed by atoms with Crippen LogP contribution in [0.15, 0.2) is 6.20 Å². The second kappa shape index (κ2) is 4.55. The maximum Gasteiger partial charge on any atom is 0.274 e. The van der Waals surface area contributed by atoms with Gasteiger partial charge in [-0.2, -0.15) is 5.10 Å². The molecule has 0 aliphatic carbocycles. The van der Waals surface area contributed by atoms with Crippen molar-refractivity contribution in [2.24, 2.45) is 0 Å². The topological polar surface area (TPSA) is 64.2 Å². The van der Waals surface area contributed by atoms with Gasteiger partial charge in [-0.05, 0) is 26.2 Å². The molecule has 0 radical (unpaired) electrons. The van der Waals surface area contributed by atoms with Crippen LogP contribution in [-0.2, 0) is 6.54 Å². The molecule has 0 spiro atoms. The number of carbonyl (C=O) groups excluding carboxylic acids is 1. The molecule has 2 N–H and O–H groups in total. The van der Waals surface area contributed by atoms with E-state index in [4.69, 9.17) is 5.73 Å². The molecule has 1 aromatic heterocycles. The van der Waals surface area contributed by atoms with Crippen LogP contribution < -0.4 is 5.73 Å². The molecule has 5 nitrogen and oxygen atoms in total. The average molecular weight is 222 g/mol. The van der Waals surface area contributed by atoms with Gasteiger partial charge in [0.15, 0.2) is 0 Å². The first-order valence-electron chi connectivity index (χ1n) is 5.84. The van der Waals surface area contributed by atoms with Crippen molar-refractivity contribution in [3.8, 4) is 0 Å². The van der Waals surface area contributed by atoms with E-state index in [1.165, 1.54) is 6.42 Å². The van der Waals surface area contributed by atoms with Crippen molar-refractivity contribution in [2.75, 3.05) is 18.8 Å². The lowest BCUT2D eigenvalue weighted by molar-refractivity contribution is 0.0713. The van der Waals surface area contributed by atoms with Crippen molar-refractivity contribution in [3.05, 3.63) is 11.9 Å². The van der Waals surface area contributed by atoms with E-state index in [-0.39, 0.29) is 5.91 Å². The third-order valence-electron chi connectivity index (χ3n) is 3.01. The summed E-state index contributed by atoms with van der Waals surface area (Å²) in [5.74, 6) is 0.0246. The number of amides is 1. The van der Waals surface area contributed by atoms with Crippen molar-refractivity contribution in [1.29, 1.82) is 0 Å². The molecule has 0 bridgehead atoms. The number of aryl methyl sites for hydroxylation is 1. The first-order chi connectivity index (χ1) is 7.74. The molecule has 1 aliphatic rings. The van der Waals surface area contributed by atoms with Gasteiger partial charge in [0.05, 0.1) is 11.9 Å². The maximum atomic E-state index is 12.2. The van der Waals surface area contributed by atoms with Gasteiger partial charge in [0, 0.05) is 19.6 Å². The molecule has 1 fully saturated rings. The van der Waals surface area contributed by atoms with Gasteiger partial charge in [-0.25, -0.2) is 0 Å². The fourth-order valence-corrected chi connectivity index (χ4v) is 2.12. The van der Waals surface area contributed by atoms with Gasteiger partial charge in [0.25, 0.3) is 5.91 Å². The second-order valence-electron chi connectivity index (χ2n) is 4.12. The maximum absolute atomic E-state index is 12.2. The number of hydrogen-bond donors (Lipinski definition) is 1. The fraction of sp³-hybridized carbons (Fsp3) is 0.636. The Balaban J connectivity index is 2.21. The smallest absolute Gasteiger partial charge is 0.274 e. The number of nitrogen functional groups attached to an aromatic ring is 1. The van der Waals surface area contributed by atoms with Gasteiger partial charge in [-0.15, -0.1) is 0 Å². The summed E-state index contributed by atoms with van der Waals surface area (Å²) in [5.41, 5.74) is 6.82. The number of aromatic nitrogens is 2. The molecule has 2 rings (SSSR count). The Morgan fingerprint density at radius 3 is 2.75 bits per heavy atom. The van der Waals surface area contributed by atoms with Gasteiger partial charge in [-0.1, -0.05) is 0 Å². The third-order valence-corrected chi connectivity index (χ3v) is 3.01. The van der Waals surface area contributed by atoms with Gasteiger partial charge in [0.2, 0.25) is 0 Å². The second-order valence-corrected chi connectivity index (χ2v) is 4.12. The highest BCUT2D eigenvalue weighted by molar-refractivity contribution is 5.97. The fourth-order valence-electron chi connectivity index (χ4n) is 2.12. The average Bonchev–Trinajstić information content (AvgIpc) is 2.70. The molecule has 0 saturated carbocycles. The molecule has 1 aliphatic heterocycles. The van der Waals surface area contributed by atoms with Crippen molar-refractivity contribution in [3.63, 3.8) is 0 Å². The van der Waals surface area contributed by atoms with Crippen LogP contribution in [0.3, 0.4) is 0 Å². The van der Waals surface area contributed by atoms with E-state index in [1.807, 2.05) is 11.8 Å². The Morgan fingerprint density at radius 1 is 1.44 bits per heavy atom. The molecule has 1 amide bonds. The number of likely N-dealkylation sites (tertiary alicyclic amines) is 1. The Bertz CT molecular complexity index is 379. The van der Waals surface area contributed by atoms with Crippen LogP contribution in [0.1, 0.15) is 36.7 Å². The quantitative estimate of drug-likeness (QED) is 0.815. The van der Waals surface area contributed by atoms with E-state index in [2.05, 4.69) is 5.10 Å². The minimum absolute atomic E-state index is 0.0246. The standard InChI is InChI=1S/C11H18N4O/c1-2-15-10(9(12)8-13-15)11(16)14-6-4-3-5-7-14/h8H,2-7,12H2,1H3. The summed E-state index contributed by atoms with van der Waals surface area (Å²) >= 11 is 0. The minimum atomic E-state index is 0.0246. The van der Waals surface area contributed by atoms with Gasteiger partial charge in [-0.3, -0.25) is 9.48 Å². The van der Waals surface area contributed by atoms with E-state index in [1.54, 1.807) is 10.9 Å². The number of hydrogen-bond acceptors (Lipinski definition) is 3. The number of nitrogens with two attached hydrogens (primary N) is 1. The molecular formula is C11H18N4O. The summed E-state index contributed by atoms with van der Waals surface area (Å²) < 4.78 is 1.67. The summed E-state index contributed by atoms with van der Waals surface area (Å²) in [6, 6.07) is 0. The number of nitrogens with zero attached hydrogens (tertiary/aromatic N) is 3. The van der Waals surface area contributed by atoms with Gasteiger partial charge >= 0.3 is 0 Å². The van der Waals surface area contributed by atoms with E-state index in [0.29, 0.717) is 17.9 Å². The van der Waals surface area contributed by atoms with Crippen LogP contribution in [0.25, 0.3) is 0 Å². The van der Waals surface area contributed by atoms with Crippen molar-refractivity contribution >= 4 is 11.6 Å². The van der Waals surface area contributed by atoms with Crippen LogP contribution in [0.2, 0.25) is 0 Å². The molecule has 2 heterocycles. The first kappa shape index (κ1) is 11.0. The molecule has 88 valence electrons. The molecule has 1 saturated heterocycles. The highest BCUT2D eigenvalue weighted by atomic mass is 16.2. The Hall–Kier alpha value is -1.52. The monoisotopic (exact) mass is 222 g/mol. The van der Waals surface area contributed by atoms with Crippen LogP contribution in [0.4, 0.5) is 5.69 Å². The molecule has 0 aromatic carbocycles. The van der Waals surface area contributed by atoms with Crippen molar-refractivity contribution in [2.45, 2.75) is 32.7 Å². The SMILES string of the molecule is CCn1ncc(N)c1C(=O)N1CCCCC1. The molecular weight excluding hydrogens is 204 g/mol. The third kappa shape index (κ3) is 1.89. The zero-order valence-electron chi connectivity index (χ0n) is 9.65. The van der Waals surface area contributed by atoms with E-state index < -0.39 is 0 Å². The highest BCUT2D eigenvalue weighted by Gasteiger charge is 2.23. The normalized spacial score (nSPS) is 16.4. The summed E-state index contributed by atoms with van der Waals surface area (Å²) in [6.45, 7) is 4.31. The predicted octanol–water partition coefficient (Wildman–Crippen LogP) is 1.11. The largest absolute Gasteiger partial charge is 0.396 e. The van der Waals surface area contributed by atoms with Gasteiger partial charge < -0.3 is 10.6 Å². The molecule has 0 atom stereocenters. The van der Waals surface area contributed by atoms with Crippen LogP contribution in [0, 0.1) is 0 Å². The summed E-state index contributed by atoms with van der Waals surface area (Å²) in [5, 5.41) is 4.09. The van der Waals surface area contributed by atoms with E-state index >= 15 is 0 Å². The summed E-state index contributed by atoms with van der Waals surface area (Å²) in [6.07, 6.45) is 4.95. The van der Waals surface area contributed by atoms with E-state index in [0.717, 1.165) is 25.9 Å². The predicted molar refractivity (Wildman–Crippen MR) is 62.1 cm³/mol. The number of rotatable bonds is 2. The van der Waals surface area contributed by atoms with E-state index in [9.17, 15) is 4.79 Å². The van der Waals surface area contributed by atoms with Crippen LogP contribution >= 0.6 is 0 Å². The van der Waals surface area contributed by atoms with Crippen LogP contribution in [-0.4, -0.2) is 33.7 Å². The lowest BCUT2D eigenvalue weighted by atomic mass is 10.1. The highest BCUT2D eigenvalue weighted by Crippen LogP contribution is 2.17. The minimum Gasteiger partial charge on any atom is -0.396 e. The molecule has 5 heteroatoms. The zero-order valence-corrected chi connectivity index (χ0v) is 9.65. The van der Waals surface area contributed by atoms with Crippen molar-refractivity contribution < 1.29 is 4.79 Å². The summed E-state index contributed by atoms with van der Waals surface area (Å²) in [7, 11) is 0. The number of carbonyl (C=O) groups is 1. The van der Waals surface area contributed by atoms with Crippen LogP contribution in [0.5, 0.6) is 0 Å². The Labute approximate surface area is 95.2 Å². The lowest BCUT2D eigenvalue weighted by Gasteiger charge is -2.26. The lowest BCUT2D eigenvalue weighted by Crippen LogP contribution is -2.37. The number of anilines is 1. The Morgan fingerprint density at radius 2 is 2.12 bits per heavy atom. The first-order valence-corrected chi connectivity index (χ1v) is 5.84. The zero-order chi connectivity index (χ0) is 11.5.